The zero-order valence-corrected chi connectivity index (χ0v) is 19.0. The third-order valence-electron chi connectivity index (χ3n) is 5.56. The van der Waals surface area contributed by atoms with E-state index in [1.54, 1.807) is 6.92 Å². The number of hydrogen-bond acceptors (Lipinski definition) is 7. The van der Waals surface area contributed by atoms with Gasteiger partial charge in [-0.2, -0.15) is 5.10 Å². The molecular formula is C24H20FN5O6. The number of nitrogens with one attached hydrogen (secondary N) is 3. The molecule has 3 N–H and O–H groups in total. The van der Waals surface area contributed by atoms with Gasteiger partial charge in [0.1, 0.15) is 11.6 Å². The summed E-state index contributed by atoms with van der Waals surface area (Å²) < 4.78 is 18.8. The molecule has 0 unspecified atom stereocenters. The third-order valence-corrected chi connectivity index (χ3v) is 5.56. The number of nitro groups is 1. The van der Waals surface area contributed by atoms with Crippen LogP contribution in [-0.4, -0.2) is 28.4 Å². The molecule has 0 aliphatic heterocycles. The molecule has 0 spiro atoms. The Balaban J connectivity index is 1.45. The largest absolute Gasteiger partial charge is 0.455 e. The van der Waals surface area contributed by atoms with E-state index < -0.39 is 28.5 Å². The summed E-state index contributed by atoms with van der Waals surface area (Å²) in [6.07, 6.45) is 1.78. The monoisotopic (exact) mass is 493 g/mol. The molecule has 12 heteroatoms. The molecule has 0 fully saturated rings. The molecule has 11 nitrogen and oxygen atoms in total. The normalized spacial score (nSPS) is 13.6. The van der Waals surface area contributed by atoms with E-state index >= 15 is 0 Å². The van der Waals surface area contributed by atoms with Crippen molar-refractivity contribution in [3.63, 3.8) is 0 Å². The SMILES string of the molecule is Cc1c(C(=O)NNC(=O)c2ccc([N+](=O)[O-])cc2)oc2c1/C(=N/NC(=O)c1ccc(F)cc1)CCC2. The second-order valence-corrected chi connectivity index (χ2v) is 7.93. The van der Waals surface area contributed by atoms with E-state index in [4.69, 9.17) is 4.42 Å². The van der Waals surface area contributed by atoms with Crippen molar-refractivity contribution >= 4 is 29.1 Å². The number of rotatable bonds is 5. The third kappa shape index (κ3) is 5.12. The molecule has 1 aliphatic rings. The van der Waals surface area contributed by atoms with Crippen LogP contribution in [-0.2, 0) is 6.42 Å². The number of nitro benzene ring substituents is 1. The number of amides is 3. The molecule has 0 bridgehead atoms. The highest BCUT2D eigenvalue weighted by atomic mass is 19.1. The molecular weight excluding hydrogens is 473 g/mol. The number of non-ortho nitro benzene ring substituents is 1. The smallest absolute Gasteiger partial charge is 0.305 e. The molecule has 4 rings (SSSR count). The lowest BCUT2D eigenvalue weighted by Gasteiger charge is -2.13. The molecule has 2 aromatic carbocycles. The molecule has 3 amide bonds. The summed E-state index contributed by atoms with van der Waals surface area (Å²) in [5.41, 5.74) is 8.77. The molecule has 36 heavy (non-hydrogen) atoms. The molecule has 1 aliphatic carbocycles. The topological polar surface area (TPSA) is 156 Å². The summed E-state index contributed by atoms with van der Waals surface area (Å²) in [6.45, 7) is 1.66. The number of hydrazine groups is 1. The molecule has 0 atom stereocenters. The Hall–Kier alpha value is -4.87. The Morgan fingerprint density at radius 1 is 0.944 bits per heavy atom. The van der Waals surface area contributed by atoms with Crippen LogP contribution in [0.4, 0.5) is 10.1 Å². The standard InChI is InChI=1S/C24H20FN5O6/c1-13-20-18(26-27-22(31)14-5-9-16(25)10-6-14)3-2-4-19(20)36-21(13)24(33)29-28-23(32)15-7-11-17(12-8-15)30(34)35/h5-12H,2-4H2,1H3,(H,27,31)(H,28,32)(H,29,33)/b26-18+. The Morgan fingerprint density at radius 2 is 1.56 bits per heavy atom. The molecule has 0 saturated carbocycles. The van der Waals surface area contributed by atoms with Gasteiger partial charge in [0.2, 0.25) is 0 Å². The van der Waals surface area contributed by atoms with Crippen molar-refractivity contribution in [1.29, 1.82) is 0 Å². The van der Waals surface area contributed by atoms with E-state index in [1.807, 2.05) is 0 Å². The molecule has 1 aromatic heterocycles. The first-order valence-electron chi connectivity index (χ1n) is 10.8. The summed E-state index contributed by atoms with van der Waals surface area (Å²) in [7, 11) is 0. The maximum Gasteiger partial charge on any atom is 0.305 e. The summed E-state index contributed by atoms with van der Waals surface area (Å²) in [5.74, 6) is -1.84. The average Bonchev–Trinajstić information content (AvgIpc) is 3.23. The van der Waals surface area contributed by atoms with Gasteiger partial charge >= 0.3 is 5.91 Å². The lowest BCUT2D eigenvalue weighted by Crippen LogP contribution is -2.41. The fourth-order valence-electron chi connectivity index (χ4n) is 3.76. The van der Waals surface area contributed by atoms with E-state index in [1.165, 1.54) is 48.5 Å². The zero-order valence-electron chi connectivity index (χ0n) is 19.0. The Bertz CT molecular complexity index is 1380. The first kappa shape index (κ1) is 24.3. The lowest BCUT2D eigenvalue weighted by atomic mass is 9.93. The van der Waals surface area contributed by atoms with Crippen molar-refractivity contribution in [3.8, 4) is 0 Å². The van der Waals surface area contributed by atoms with Crippen LogP contribution in [0, 0.1) is 22.9 Å². The average molecular weight is 493 g/mol. The maximum atomic E-state index is 13.1. The maximum absolute atomic E-state index is 13.1. The Kier molecular flexibility index (Phi) is 6.86. The first-order valence-corrected chi connectivity index (χ1v) is 10.8. The molecule has 184 valence electrons. The van der Waals surface area contributed by atoms with E-state index in [0.717, 1.165) is 0 Å². The van der Waals surface area contributed by atoms with Gasteiger partial charge in [0.15, 0.2) is 5.76 Å². The van der Waals surface area contributed by atoms with Crippen LogP contribution in [0.2, 0.25) is 0 Å². The Labute approximate surface area is 203 Å². The van der Waals surface area contributed by atoms with Gasteiger partial charge in [0.25, 0.3) is 17.5 Å². The summed E-state index contributed by atoms with van der Waals surface area (Å²) >= 11 is 0. The highest BCUT2D eigenvalue weighted by Gasteiger charge is 2.28. The van der Waals surface area contributed by atoms with Gasteiger partial charge < -0.3 is 4.42 Å². The van der Waals surface area contributed by atoms with Gasteiger partial charge in [-0.1, -0.05) is 0 Å². The van der Waals surface area contributed by atoms with E-state index in [2.05, 4.69) is 21.4 Å². The quantitative estimate of drug-likeness (QED) is 0.366. The Morgan fingerprint density at radius 3 is 2.22 bits per heavy atom. The van der Waals surface area contributed by atoms with Gasteiger partial charge in [-0.25, -0.2) is 9.82 Å². The predicted octanol–water partition coefficient (Wildman–Crippen LogP) is 3.18. The highest BCUT2D eigenvalue weighted by molar-refractivity contribution is 6.07. The van der Waals surface area contributed by atoms with Crippen molar-refractivity contribution in [1.82, 2.24) is 16.3 Å². The number of furan rings is 1. The van der Waals surface area contributed by atoms with Crippen molar-refractivity contribution < 1.29 is 28.1 Å². The summed E-state index contributed by atoms with van der Waals surface area (Å²) in [5, 5.41) is 14.9. The first-order chi connectivity index (χ1) is 17.2. The number of hydrazone groups is 1. The molecule has 0 saturated heterocycles. The second-order valence-electron chi connectivity index (χ2n) is 7.93. The number of halogens is 1. The molecule has 1 heterocycles. The van der Waals surface area contributed by atoms with E-state index in [-0.39, 0.29) is 22.6 Å². The fourth-order valence-corrected chi connectivity index (χ4v) is 3.76. The van der Waals surface area contributed by atoms with Crippen LogP contribution in [0.5, 0.6) is 0 Å². The van der Waals surface area contributed by atoms with Crippen LogP contribution < -0.4 is 16.3 Å². The van der Waals surface area contributed by atoms with Gasteiger partial charge in [0.05, 0.1) is 10.6 Å². The number of nitrogens with zero attached hydrogens (tertiary/aromatic N) is 2. The van der Waals surface area contributed by atoms with Crippen LogP contribution in [0.3, 0.4) is 0 Å². The van der Waals surface area contributed by atoms with Crippen molar-refractivity contribution in [2.75, 3.05) is 0 Å². The number of benzene rings is 2. The van der Waals surface area contributed by atoms with Gasteiger partial charge in [0, 0.05) is 40.8 Å². The van der Waals surface area contributed by atoms with E-state index in [9.17, 15) is 28.9 Å². The number of aryl methyl sites for hydroxylation is 1. The predicted molar refractivity (Wildman–Crippen MR) is 125 cm³/mol. The molecule has 0 radical (unpaired) electrons. The van der Waals surface area contributed by atoms with Crippen molar-refractivity contribution in [2.24, 2.45) is 5.10 Å². The van der Waals surface area contributed by atoms with Crippen molar-refractivity contribution in [2.45, 2.75) is 26.2 Å². The van der Waals surface area contributed by atoms with Crippen LogP contribution in [0.1, 0.15) is 61.0 Å². The summed E-state index contributed by atoms with van der Waals surface area (Å²) in [4.78, 5) is 47.4. The lowest BCUT2D eigenvalue weighted by molar-refractivity contribution is -0.384. The number of hydrogen-bond donors (Lipinski definition) is 3. The van der Waals surface area contributed by atoms with Gasteiger partial charge in [-0.05, 0) is 56.2 Å². The fraction of sp³-hybridized carbons (Fsp3) is 0.167. The van der Waals surface area contributed by atoms with Gasteiger partial charge in [-0.3, -0.25) is 35.3 Å². The zero-order chi connectivity index (χ0) is 25.8. The number of fused-ring (bicyclic) bond motifs is 1. The number of carbonyl (C=O) groups is 3. The highest BCUT2D eigenvalue weighted by Crippen LogP contribution is 2.29. The molecule has 3 aromatic rings. The van der Waals surface area contributed by atoms with Crippen LogP contribution >= 0.6 is 0 Å². The van der Waals surface area contributed by atoms with E-state index in [0.29, 0.717) is 41.9 Å². The van der Waals surface area contributed by atoms with Gasteiger partial charge in [-0.15, -0.1) is 0 Å². The summed E-state index contributed by atoms with van der Waals surface area (Å²) in [6, 6.07) is 9.91. The van der Waals surface area contributed by atoms with Crippen LogP contribution in [0.15, 0.2) is 58.0 Å². The van der Waals surface area contributed by atoms with Crippen LogP contribution in [0.25, 0.3) is 0 Å². The minimum absolute atomic E-state index is 0.0246. The second kappa shape index (κ2) is 10.2. The number of carbonyl (C=O) groups excluding carboxylic acids is 3. The minimum Gasteiger partial charge on any atom is -0.455 e. The van der Waals surface area contributed by atoms with Crippen molar-refractivity contribution in [3.05, 3.63) is 98.2 Å². The minimum atomic E-state index is -0.702.